The number of carbonyl (C=O) groups excluding carboxylic acids is 1. The van der Waals surface area contributed by atoms with Crippen molar-refractivity contribution in [1.82, 2.24) is 0 Å². The number of carbonyl (C=O) groups is 1. The lowest BCUT2D eigenvalue weighted by molar-refractivity contribution is -0.385. The van der Waals surface area contributed by atoms with E-state index in [9.17, 15) is 14.9 Å². The average Bonchev–Trinajstić information content (AvgIpc) is 2.52. The van der Waals surface area contributed by atoms with E-state index in [4.69, 9.17) is 21.1 Å². The lowest BCUT2D eigenvalue weighted by Gasteiger charge is -2.08. The number of halogens is 1. The van der Waals surface area contributed by atoms with Gasteiger partial charge in [-0.05, 0) is 24.3 Å². The molecule has 0 radical (unpaired) electrons. The molecule has 0 aromatic heterocycles. The van der Waals surface area contributed by atoms with E-state index in [2.05, 4.69) is 0 Å². The van der Waals surface area contributed by atoms with Crippen LogP contribution in [0, 0.1) is 10.1 Å². The maximum Gasteiger partial charge on any atom is 0.314 e. The van der Waals surface area contributed by atoms with Crippen molar-refractivity contribution in [3.8, 4) is 11.5 Å². The van der Waals surface area contributed by atoms with E-state index in [1.165, 1.54) is 25.3 Å². The van der Waals surface area contributed by atoms with E-state index in [0.717, 1.165) is 0 Å². The van der Waals surface area contributed by atoms with Crippen molar-refractivity contribution in [1.29, 1.82) is 0 Å². The molecule has 0 bridgehead atoms. The predicted octanol–water partition coefficient (Wildman–Crippen LogP) is 3.52. The second-order valence-corrected chi connectivity index (χ2v) is 4.69. The van der Waals surface area contributed by atoms with Gasteiger partial charge in [0.15, 0.2) is 12.4 Å². The first-order valence-corrected chi connectivity index (χ1v) is 6.63. The summed E-state index contributed by atoms with van der Waals surface area (Å²) in [6.45, 7) is -0.350. The first kappa shape index (κ1) is 15.8. The SMILES string of the molecule is COc1ccc(OCC(=O)c2ccccc2Cl)c([N+](=O)[O-])c1. The fraction of sp³-hybridized carbons (Fsp3) is 0.133. The van der Waals surface area contributed by atoms with Gasteiger partial charge in [-0.1, -0.05) is 23.7 Å². The van der Waals surface area contributed by atoms with Crippen molar-refractivity contribution < 1.29 is 19.2 Å². The van der Waals surface area contributed by atoms with Gasteiger partial charge in [-0.15, -0.1) is 0 Å². The maximum atomic E-state index is 12.0. The monoisotopic (exact) mass is 321 g/mol. The number of hydrogen-bond acceptors (Lipinski definition) is 5. The molecule has 2 aromatic rings. The average molecular weight is 322 g/mol. The number of nitro benzene ring substituents is 1. The number of ether oxygens (including phenoxy) is 2. The van der Waals surface area contributed by atoms with Crippen LogP contribution in [0.3, 0.4) is 0 Å². The van der Waals surface area contributed by atoms with E-state index < -0.39 is 4.92 Å². The molecule has 0 atom stereocenters. The summed E-state index contributed by atoms with van der Waals surface area (Å²) in [5, 5.41) is 11.3. The summed E-state index contributed by atoms with van der Waals surface area (Å²) in [6.07, 6.45) is 0. The molecular formula is C15H12ClNO5. The smallest absolute Gasteiger partial charge is 0.314 e. The van der Waals surface area contributed by atoms with Gasteiger partial charge in [-0.3, -0.25) is 14.9 Å². The molecule has 7 heteroatoms. The van der Waals surface area contributed by atoms with Gasteiger partial charge in [0.05, 0.1) is 23.1 Å². The Balaban J connectivity index is 2.16. The first-order valence-electron chi connectivity index (χ1n) is 6.26. The van der Waals surface area contributed by atoms with Crippen LogP contribution in [0.25, 0.3) is 0 Å². The number of Topliss-reactive ketones (excluding diaryl/α,β-unsaturated/α-hetero) is 1. The Morgan fingerprint density at radius 3 is 2.64 bits per heavy atom. The van der Waals surface area contributed by atoms with E-state index in [1.807, 2.05) is 0 Å². The summed E-state index contributed by atoms with van der Waals surface area (Å²) in [6, 6.07) is 10.7. The van der Waals surface area contributed by atoms with Crippen LogP contribution >= 0.6 is 11.6 Å². The van der Waals surface area contributed by atoms with Gasteiger partial charge in [0.2, 0.25) is 5.78 Å². The van der Waals surface area contributed by atoms with Gasteiger partial charge in [-0.2, -0.15) is 0 Å². The Morgan fingerprint density at radius 2 is 2.00 bits per heavy atom. The van der Waals surface area contributed by atoms with Gasteiger partial charge in [0, 0.05) is 5.56 Å². The molecule has 0 amide bonds. The van der Waals surface area contributed by atoms with Crippen molar-refractivity contribution in [2.75, 3.05) is 13.7 Å². The molecule has 0 aliphatic carbocycles. The highest BCUT2D eigenvalue weighted by Gasteiger charge is 2.18. The Morgan fingerprint density at radius 1 is 1.27 bits per heavy atom. The topological polar surface area (TPSA) is 78.7 Å². The lowest BCUT2D eigenvalue weighted by atomic mass is 10.1. The second kappa shape index (κ2) is 6.91. The molecule has 22 heavy (non-hydrogen) atoms. The third kappa shape index (κ3) is 3.53. The minimum atomic E-state index is -0.599. The van der Waals surface area contributed by atoms with E-state index >= 15 is 0 Å². The Kier molecular flexibility index (Phi) is 4.95. The molecule has 0 N–H and O–H groups in total. The zero-order valence-corrected chi connectivity index (χ0v) is 12.4. The summed E-state index contributed by atoms with van der Waals surface area (Å²) in [7, 11) is 1.40. The standard InChI is InChI=1S/C15H12ClNO5/c1-21-10-6-7-15(13(8-10)17(19)20)22-9-14(18)11-4-2-3-5-12(11)16/h2-8H,9H2,1H3. The van der Waals surface area contributed by atoms with Crippen molar-refractivity contribution in [3.63, 3.8) is 0 Å². The van der Waals surface area contributed by atoms with Crippen LogP contribution in [0.5, 0.6) is 11.5 Å². The van der Waals surface area contributed by atoms with E-state index in [-0.39, 0.29) is 23.8 Å². The molecule has 0 unspecified atom stereocenters. The quantitative estimate of drug-likeness (QED) is 0.462. The summed E-state index contributed by atoms with van der Waals surface area (Å²) in [5.74, 6) is -0.0431. The van der Waals surface area contributed by atoms with Gasteiger partial charge < -0.3 is 9.47 Å². The van der Waals surface area contributed by atoms with Gasteiger partial charge >= 0.3 is 5.69 Å². The highest BCUT2D eigenvalue weighted by atomic mass is 35.5. The van der Waals surface area contributed by atoms with Crippen LogP contribution in [0.1, 0.15) is 10.4 Å². The number of benzene rings is 2. The van der Waals surface area contributed by atoms with Crippen LogP contribution in [0.2, 0.25) is 5.02 Å². The highest BCUT2D eigenvalue weighted by molar-refractivity contribution is 6.34. The summed E-state index contributed by atoms with van der Waals surface area (Å²) < 4.78 is 10.2. The van der Waals surface area contributed by atoms with Crippen molar-refractivity contribution >= 4 is 23.1 Å². The number of nitrogens with zero attached hydrogens (tertiary/aromatic N) is 1. The fourth-order valence-corrected chi connectivity index (χ4v) is 2.04. The fourth-order valence-electron chi connectivity index (χ4n) is 1.80. The number of hydrogen-bond donors (Lipinski definition) is 0. The summed E-state index contributed by atoms with van der Waals surface area (Å²) >= 11 is 5.92. The molecule has 0 aliphatic heterocycles. The normalized spacial score (nSPS) is 10.1. The zero-order chi connectivity index (χ0) is 16.1. The number of rotatable bonds is 6. The Labute approximate surface area is 131 Å². The van der Waals surface area contributed by atoms with Crippen molar-refractivity contribution in [2.45, 2.75) is 0 Å². The second-order valence-electron chi connectivity index (χ2n) is 4.28. The minimum Gasteiger partial charge on any atom is -0.496 e. The first-order chi connectivity index (χ1) is 10.5. The molecule has 2 aromatic carbocycles. The molecule has 0 spiro atoms. The third-order valence-electron chi connectivity index (χ3n) is 2.90. The number of nitro groups is 1. The minimum absolute atomic E-state index is 0.00814. The molecule has 114 valence electrons. The van der Waals surface area contributed by atoms with Gasteiger partial charge in [0.25, 0.3) is 0 Å². The molecule has 2 rings (SSSR count). The highest BCUT2D eigenvalue weighted by Crippen LogP contribution is 2.31. The van der Waals surface area contributed by atoms with Crippen molar-refractivity contribution in [2.24, 2.45) is 0 Å². The molecule has 0 heterocycles. The number of methoxy groups -OCH3 is 1. The van der Waals surface area contributed by atoms with E-state index in [1.54, 1.807) is 24.3 Å². The van der Waals surface area contributed by atoms with Crippen molar-refractivity contribution in [3.05, 3.63) is 63.2 Å². The van der Waals surface area contributed by atoms with Crippen LogP contribution < -0.4 is 9.47 Å². The molecule has 0 fully saturated rings. The molecule has 0 saturated heterocycles. The zero-order valence-electron chi connectivity index (χ0n) is 11.6. The molecule has 0 aliphatic rings. The third-order valence-corrected chi connectivity index (χ3v) is 3.23. The largest absolute Gasteiger partial charge is 0.496 e. The predicted molar refractivity (Wildman–Crippen MR) is 80.9 cm³/mol. The van der Waals surface area contributed by atoms with E-state index in [0.29, 0.717) is 16.3 Å². The van der Waals surface area contributed by atoms with Gasteiger partial charge in [0.1, 0.15) is 5.75 Å². The molecule has 0 saturated carbocycles. The molecule has 6 nitrogen and oxygen atoms in total. The van der Waals surface area contributed by atoms with Crippen LogP contribution in [0.15, 0.2) is 42.5 Å². The van der Waals surface area contributed by atoms with Crippen LogP contribution in [0.4, 0.5) is 5.69 Å². The maximum absolute atomic E-state index is 12.0. The summed E-state index contributed by atoms with van der Waals surface area (Å²) in [4.78, 5) is 22.5. The molecular weight excluding hydrogens is 310 g/mol. The Hall–Kier alpha value is -2.60. The Bertz CT molecular complexity index is 717. The van der Waals surface area contributed by atoms with Gasteiger partial charge in [-0.25, -0.2) is 0 Å². The summed E-state index contributed by atoms with van der Waals surface area (Å²) in [5.41, 5.74) is 0.0339. The van der Waals surface area contributed by atoms with Crippen LogP contribution in [-0.4, -0.2) is 24.4 Å². The number of ketones is 1. The lowest BCUT2D eigenvalue weighted by Crippen LogP contribution is -2.12. The van der Waals surface area contributed by atoms with Crippen LogP contribution in [-0.2, 0) is 0 Å².